The van der Waals surface area contributed by atoms with Crippen molar-refractivity contribution >= 4 is 11.9 Å². The highest BCUT2D eigenvalue weighted by Gasteiger charge is 2.26. The number of benzene rings is 1. The molecule has 0 atom stereocenters. The minimum atomic E-state index is -0.338. The number of phenolic OH excluding ortho intramolecular Hbond substituents is 2. The number of aromatic hydroxyl groups is 2. The molecule has 7 nitrogen and oxygen atoms in total. The van der Waals surface area contributed by atoms with Crippen molar-refractivity contribution in [2.75, 3.05) is 26.2 Å². The summed E-state index contributed by atoms with van der Waals surface area (Å²) in [6, 6.07) is 3.82. The van der Waals surface area contributed by atoms with Gasteiger partial charge < -0.3 is 25.3 Å². The summed E-state index contributed by atoms with van der Waals surface area (Å²) in [4.78, 5) is 28.1. The van der Waals surface area contributed by atoms with Crippen LogP contribution in [0, 0.1) is 0 Å². The molecule has 3 amide bonds. The Hall–Kier alpha value is -2.44. The largest absolute Gasteiger partial charge is 0.508 e. The van der Waals surface area contributed by atoms with Gasteiger partial charge in [0.05, 0.1) is 0 Å². The number of carbonyl (C=O) groups excluding carboxylic acids is 2. The normalized spacial score (nSPS) is 15.2. The standard InChI is InChI=1S/C17H25N3O4/c1-3-19(4-2)17(24)20-7-5-13(6-8-20)18-16(23)12-9-14(21)11-15(22)10-12/h9-11,13,21-22H,3-8H2,1-2H3,(H,18,23). The molecule has 7 heteroatoms. The third-order valence-electron chi connectivity index (χ3n) is 4.30. The second kappa shape index (κ2) is 7.90. The van der Waals surface area contributed by atoms with E-state index in [9.17, 15) is 19.8 Å². The van der Waals surface area contributed by atoms with Crippen LogP contribution >= 0.6 is 0 Å². The van der Waals surface area contributed by atoms with Gasteiger partial charge in [0, 0.05) is 43.9 Å². The number of urea groups is 1. The number of piperidine rings is 1. The lowest BCUT2D eigenvalue weighted by Crippen LogP contribution is -2.50. The molecule has 1 aromatic rings. The van der Waals surface area contributed by atoms with Gasteiger partial charge in [-0.25, -0.2) is 4.79 Å². The van der Waals surface area contributed by atoms with Crippen molar-refractivity contribution in [2.45, 2.75) is 32.7 Å². The van der Waals surface area contributed by atoms with Crippen molar-refractivity contribution in [3.8, 4) is 11.5 Å². The van der Waals surface area contributed by atoms with Crippen LogP contribution in [-0.2, 0) is 0 Å². The highest BCUT2D eigenvalue weighted by Crippen LogP contribution is 2.21. The van der Waals surface area contributed by atoms with Gasteiger partial charge in [0.1, 0.15) is 11.5 Å². The summed E-state index contributed by atoms with van der Waals surface area (Å²) in [5, 5.41) is 21.8. The van der Waals surface area contributed by atoms with E-state index in [-0.39, 0.29) is 35.0 Å². The summed E-state index contributed by atoms with van der Waals surface area (Å²) in [7, 11) is 0. The van der Waals surface area contributed by atoms with Gasteiger partial charge in [-0.15, -0.1) is 0 Å². The molecule has 0 aliphatic carbocycles. The molecule has 1 aliphatic rings. The second-order valence-corrected chi connectivity index (χ2v) is 5.93. The molecule has 0 saturated carbocycles. The molecule has 0 bridgehead atoms. The molecule has 24 heavy (non-hydrogen) atoms. The topological polar surface area (TPSA) is 93.1 Å². The van der Waals surface area contributed by atoms with Gasteiger partial charge in [-0.3, -0.25) is 4.79 Å². The zero-order chi connectivity index (χ0) is 17.7. The summed E-state index contributed by atoms with van der Waals surface area (Å²) in [5.74, 6) is -0.644. The molecule has 1 aliphatic heterocycles. The predicted octanol–water partition coefficient (Wildman–Crippen LogP) is 1.75. The fourth-order valence-corrected chi connectivity index (χ4v) is 2.90. The van der Waals surface area contributed by atoms with E-state index >= 15 is 0 Å². The molecular formula is C17H25N3O4. The molecule has 0 unspecified atom stereocenters. The third-order valence-corrected chi connectivity index (χ3v) is 4.30. The maximum Gasteiger partial charge on any atom is 0.319 e. The highest BCUT2D eigenvalue weighted by atomic mass is 16.3. The van der Waals surface area contributed by atoms with Crippen molar-refractivity contribution < 1.29 is 19.8 Å². The molecule has 132 valence electrons. The number of hydrogen-bond donors (Lipinski definition) is 3. The fraction of sp³-hybridized carbons (Fsp3) is 0.529. The van der Waals surface area contributed by atoms with Crippen LogP contribution in [0.4, 0.5) is 4.79 Å². The van der Waals surface area contributed by atoms with Gasteiger partial charge in [0.25, 0.3) is 5.91 Å². The van der Waals surface area contributed by atoms with Gasteiger partial charge in [-0.05, 0) is 38.8 Å². The zero-order valence-electron chi connectivity index (χ0n) is 14.2. The number of carbonyl (C=O) groups is 2. The van der Waals surface area contributed by atoms with E-state index in [1.165, 1.54) is 18.2 Å². The maximum absolute atomic E-state index is 12.3. The van der Waals surface area contributed by atoms with Crippen LogP contribution < -0.4 is 5.32 Å². The SMILES string of the molecule is CCN(CC)C(=O)N1CCC(NC(=O)c2cc(O)cc(O)c2)CC1. The smallest absolute Gasteiger partial charge is 0.319 e. The lowest BCUT2D eigenvalue weighted by Gasteiger charge is -2.35. The molecule has 1 saturated heterocycles. The predicted molar refractivity (Wildman–Crippen MR) is 90.1 cm³/mol. The van der Waals surface area contributed by atoms with Crippen LogP contribution in [0.25, 0.3) is 0 Å². The number of phenols is 2. The summed E-state index contributed by atoms with van der Waals surface area (Å²) in [6.45, 7) is 6.50. The van der Waals surface area contributed by atoms with Crippen LogP contribution in [0.2, 0.25) is 0 Å². The van der Waals surface area contributed by atoms with Gasteiger partial charge in [0.15, 0.2) is 0 Å². The molecular weight excluding hydrogens is 310 g/mol. The van der Waals surface area contributed by atoms with Gasteiger partial charge >= 0.3 is 6.03 Å². The molecule has 0 spiro atoms. The Balaban J connectivity index is 1.88. The monoisotopic (exact) mass is 335 g/mol. The van der Waals surface area contributed by atoms with Crippen molar-refractivity contribution in [1.29, 1.82) is 0 Å². The number of amides is 3. The van der Waals surface area contributed by atoms with Crippen molar-refractivity contribution in [2.24, 2.45) is 0 Å². The Kier molecular flexibility index (Phi) is 5.89. The molecule has 1 fully saturated rings. The lowest BCUT2D eigenvalue weighted by atomic mass is 10.0. The number of rotatable bonds is 4. The van der Waals surface area contributed by atoms with E-state index in [1.54, 1.807) is 4.90 Å². The van der Waals surface area contributed by atoms with E-state index in [1.807, 2.05) is 18.7 Å². The molecule has 1 aromatic carbocycles. The Morgan fingerprint density at radius 2 is 1.67 bits per heavy atom. The van der Waals surface area contributed by atoms with E-state index in [4.69, 9.17) is 0 Å². The summed E-state index contributed by atoms with van der Waals surface area (Å²) in [6.07, 6.45) is 1.37. The number of nitrogens with one attached hydrogen (secondary N) is 1. The third kappa shape index (κ3) is 4.31. The number of likely N-dealkylation sites (tertiary alicyclic amines) is 1. The first-order valence-corrected chi connectivity index (χ1v) is 8.32. The van der Waals surface area contributed by atoms with Crippen molar-refractivity contribution in [3.63, 3.8) is 0 Å². The van der Waals surface area contributed by atoms with E-state index < -0.39 is 0 Å². The Labute approximate surface area is 141 Å². The van der Waals surface area contributed by atoms with Crippen LogP contribution in [-0.4, -0.2) is 64.2 Å². The minimum Gasteiger partial charge on any atom is -0.508 e. The average Bonchev–Trinajstić information content (AvgIpc) is 2.55. The van der Waals surface area contributed by atoms with Crippen LogP contribution in [0.15, 0.2) is 18.2 Å². The lowest BCUT2D eigenvalue weighted by molar-refractivity contribution is 0.0911. The molecule has 1 heterocycles. The molecule has 0 radical (unpaired) electrons. The first-order valence-electron chi connectivity index (χ1n) is 8.32. The van der Waals surface area contributed by atoms with E-state index in [0.29, 0.717) is 39.0 Å². The second-order valence-electron chi connectivity index (χ2n) is 5.93. The number of hydrogen-bond acceptors (Lipinski definition) is 4. The summed E-state index contributed by atoms with van der Waals surface area (Å²) >= 11 is 0. The molecule has 2 rings (SSSR count). The fourth-order valence-electron chi connectivity index (χ4n) is 2.90. The van der Waals surface area contributed by atoms with E-state index in [2.05, 4.69) is 5.32 Å². The van der Waals surface area contributed by atoms with E-state index in [0.717, 1.165) is 0 Å². The zero-order valence-corrected chi connectivity index (χ0v) is 14.2. The molecule has 3 N–H and O–H groups in total. The van der Waals surface area contributed by atoms with Crippen molar-refractivity contribution in [1.82, 2.24) is 15.1 Å². The van der Waals surface area contributed by atoms with Gasteiger partial charge in [-0.2, -0.15) is 0 Å². The minimum absolute atomic E-state index is 0.0252. The van der Waals surface area contributed by atoms with Crippen molar-refractivity contribution in [3.05, 3.63) is 23.8 Å². The summed E-state index contributed by atoms with van der Waals surface area (Å²) < 4.78 is 0. The quantitative estimate of drug-likeness (QED) is 0.781. The number of nitrogens with zero attached hydrogens (tertiary/aromatic N) is 2. The van der Waals surface area contributed by atoms with Crippen LogP contribution in [0.5, 0.6) is 11.5 Å². The average molecular weight is 335 g/mol. The van der Waals surface area contributed by atoms with Crippen LogP contribution in [0.1, 0.15) is 37.0 Å². The van der Waals surface area contributed by atoms with Gasteiger partial charge in [-0.1, -0.05) is 0 Å². The highest BCUT2D eigenvalue weighted by molar-refractivity contribution is 5.95. The Morgan fingerprint density at radius 1 is 1.12 bits per heavy atom. The van der Waals surface area contributed by atoms with Gasteiger partial charge in [0.2, 0.25) is 0 Å². The maximum atomic E-state index is 12.3. The Bertz CT molecular complexity index is 573. The first kappa shape index (κ1) is 17.9. The summed E-state index contributed by atoms with van der Waals surface area (Å²) in [5.41, 5.74) is 0.217. The Morgan fingerprint density at radius 3 is 2.17 bits per heavy atom. The van der Waals surface area contributed by atoms with Crippen LogP contribution in [0.3, 0.4) is 0 Å². The molecule has 0 aromatic heterocycles. The first-order chi connectivity index (χ1) is 11.4.